The first-order valence-electron chi connectivity index (χ1n) is 7.75. The molecule has 0 heterocycles. The van der Waals surface area contributed by atoms with Crippen molar-refractivity contribution in [1.82, 2.24) is 5.01 Å². The third-order valence-electron chi connectivity index (χ3n) is 3.74. The fourth-order valence-corrected chi connectivity index (χ4v) is 2.54. The number of nitrogens with zero attached hydrogens (tertiary/aromatic N) is 2. The summed E-state index contributed by atoms with van der Waals surface area (Å²) in [6.45, 7) is 1.50. The van der Waals surface area contributed by atoms with Gasteiger partial charge in [0.25, 0.3) is 0 Å². The SMILES string of the molecule is NN(c1ccccc1)N(Cc1ccccc1)Cc1ccccc1. The summed E-state index contributed by atoms with van der Waals surface area (Å²) in [7, 11) is 0. The molecule has 3 nitrogen and oxygen atoms in total. The zero-order valence-electron chi connectivity index (χ0n) is 13.0. The maximum absolute atomic E-state index is 6.39. The molecule has 0 amide bonds. The summed E-state index contributed by atoms with van der Waals surface area (Å²) < 4.78 is 0. The molecule has 3 aromatic rings. The fraction of sp³-hybridized carbons (Fsp3) is 0.100. The minimum absolute atomic E-state index is 0.751. The fourth-order valence-electron chi connectivity index (χ4n) is 2.54. The average molecular weight is 303 g/mol. The largest absolute Gasteiger partial charge is 0.241 e. The van der Waals surface area contributed by atoms with E-state index in [0.29, 0.717) is 0 Å². The van der Waals surface area contributed by atoms with Crippen LogP contribution in [0.5, 0.6) is 0 Å². The zero-order chi connectivity index (χ0) is 15.9. The maximum Gasteiger partial charge on any atom is 0.0702 e. The molecule has 0 aliphatic heterocycles. The Morgan fingerprint density at radius 3 is 1.39 bits per heavy atom. The third kappa shape index (κ3) is 4.19. The van der Waals surface area contributed by atoms with E-state index < -0.39 is 0 Å². The predicted octanol–water partition coefficient (Wildman–Crippen LogP) is 3.98. The Balaban J connectivity index is 1.83. The van der Waals surface area contributed by atoms with Gasteiger partial charge in [-0.3, -0.25) is 0 Å². The van der Waals surface area contributed by atoms with Gasteiger partial charge in [0.15, 0.2) is 0 Å². The lowest BCUT2D eigenvalue weighted by molar-refractivity contribution is 0.232. The van der Waals surface area contributed by atoms with Crippen LogP contribution in [0, 0.1) is 0 Å². The van der Waals surface area contributed by atoms with E-state index in [0.717, 1.165) is 18.8 Å². The van der Waals surface area contributed by atoms with Crippen molar-refractivity contribution in [2.24, 2.45) is 5.84 Å². The molecule has 0 fully saturated rings. The van der Waals surface area contributed by atoms with Crippen molar-refractivity contribution in [3.05, 3.63) is 102 Å². The van der Waals surface area contributed by atoms with Crippen LogP contribution in [0.4, 0.5) is 5.69 Å². The minimum atomic E-state index is 0.751. The Labute approximate surface area is 137 Å². The lowest BCUT2D eigenvalue weighted by Gasteiger charge is -2.33. The molecule has 0 saturated heterocycles. The minimum Gasteiger partial charge on any atom is -0.241 e. The molecule has 0 aliphatic rings. The quantitative estimate of drug-likeness (QED) is 0.552. The average Bonchev–Trinajstić information content (AvgIpc) is 2.63. The highest BCUT2D eigenvalue weighted by atomic mass is 15.7. The van der Waals surface area contributed by atoms with Crippen molar-refractivity contribution >= 4 is 5.69 Å². The molecule has 2 N–H and O–H groups in total. The standard InChI is InChI=1S/C20H21N3/c21-23(20-14-8-3-9-15-20)22(16-18-10-4-1-5-11-18)17-19-12-6-2-7-13-19/h1-15H,16-17,21H2. The molecule has 116 valence electrons. The molecule has 0 atom stereocenters. The van der Waals surface area contributed by atoms with Gasteiger partial charge in [-0.1, -0.05) is 78.9 Å². The molecular formula is C20H21N3. The highest BCUT2D eigenvalue weighted by molar-refractivity contribution is 5.43. The van der Waals surface area contributed by atoms with Crippen molar-refractivity contribution in [2.45, 2.75) is 13.1 Å². The van der Waals surface area contributed by atoms with E-state index in [2.05, 4.69) is 53.5 Å². The van der Waals surface area contributed by atoms with Crippen molar-refractivity contribution in [3.8, 4) is 0 Å². The molecule has 23 heavy (non-hydrogen) atoms. The Morgan fingerprint density at radius 1 is 0.565 bits per heavy atom. The van der Waals surface area contributed by atoms with Crippen LogP contribution in [0.2, 0.25) is 0 Å². The van der Waals surface area contributed by atoms with E-state index in [-0.39, 0.29) is 0 Å². The van der Waals surface area contributed by atoms with Crippen molar-refractivity contribution in [2.75, 3.05) is 5.12 Å². The van der Waals surface area contributed by atoms with Crippen LogP contribution in [-0.2, 0) is 13.1 Å². The molecule has 0 spiro atoms. The molecule has 0 unspecified atom stereocenters. The topological polar surface area (TPSA) is 32.5 Å². The Morgan fingerprint density at radius 2 is 0.957 bits per heavy atom. The molecule has 0 bridgehead atoms. The van der Waals surface area contributed by atoms with E-state index in [1.54, 1.807) is 5.12 Å². The van der Waals surface area contributed by atoms with Gasteiger partial charge in [0, 0.05) is 13.1 Å². The first kappa shape index (κ1) is 15.3. The van der Waals surface area contributed by atoms with Gasteiger partial charge in [0.2, 0.25) is 0 Å². The molecule has 0 saturated carbocycles. The molecule has 3 rings (SSSR count). The molecule has 3 aromatic carbocycles. The van der Waals surface area contributed by atoms with Crippen LogP contribution in [0.1, 0.15) is 11.1 Å². The second kappa shape index (κ2) is 7.58. The second-order valence-corrected chi connectivity index (χ2v) is 5.47. The van der Waals surface area contributed by atoms with Crippen LogP contribution in [-0.4, -0.2) is 5.01 Å². The highest BCUT2D eigenvalue weighted by Crippen LogP contribution is 2.17. The van der Waals surface area contributed by atoms with Crippen LogP contribution in [0.15, 0.2) is 91.0 Å². The number of nitrogens with two attached hydrogens (primary N) is 1. The molecule has 3 heteroatoms. The molecular weight excluding hydrogens is 282 g/mol. The number of hydrogen-bond acceptors (Lipinski definition) is 3. The van der Waals surface area contributed by atoms with E-state index >= 15 is 0 Å². The highest BCUT2D eigenvalue weighted by Gasteiger charge is 2.14. The number of anilines is 1. The summed E-state index contributed by atoms with van der Waals surface area (Å²) in [5.41, 5.74) is 3.43. The van der Waals surface area contributed by atoms with Crippen molar-refractivity contribution in [3.63, 3.8) is 0 Å². The zero-order valence-corrected chi connectivity index (χ0v) is 13.0. The lowest BCUT2D eigenvalue weighted by atomic mass is 10.2. The number of hydrogen-bond donors (Lipinski definition) is 1. The van der Waals surface area contributed by atoms with Gasteiger partial charge in [-0.2, -0.15) is 5.01 Å². The Hall–Kier alpha value is -2.62. The number of rotatable bonds is 6. The summed E-state index contributed by atoms with van der Waals surface area (Å²) in [6, 6.07) is 30.8. The summed E-state index contributed by atoms with van der Waals surface area (Å²) >= 11 is 0. The Kier molecular flexibility index (Phi) is 5.04. The summed E-state index contributed by atoms with van der Waals surface area (Å²) in [5, 5.41) is 3.88. The van der Waals surface area contributed by atoms with Gasteiger partial charge in [-0.25, -0.2) is 11.0 Å². The van der Waals surface area contributed by atoms with E-state index in [9.17, 15) is 0 Å². The third-order valence-corrected chi connectivity index (χ3v) is 3.74. The van der Waals surface area contributed by atoms with E-state index in [1.165, 1.54) is 11.1 Å². The van der Waals surface area contributed by atoms with Gasteiger partial charge in [0.1, 0.15) is 0 Å². The van der Waals surface area contributed by atoms with Crippen LogP contribution in [0.3, 0.4) is 0 Å². The number of para-hydroxylation sites is 1. The van der Waals surface area contributed by atoms with Gasteiger partial charge in [0.05, 0.1) is 5.69 Å². The normalized spacial score (nSPS) is 10.7. The molecule has 0 radical (unpaired) electrons. The molecule has 0 aromatic heterocycles. The van der Waals surface area contributed by atoms with Gasteiger partial charge in [-0.15, -0.1) is 0 Å². The summed E-state index contributed by atoms with van der Waals surface area (Å²) in [4.78, 5) is 0. The van der Waals surface area contributed by atoms with E-state index in [1.807, 2.05) is 42.5 Å². The summed E-state index contributed by atoms with van der Waals surface area (Å²) in [5.74, 6) is 6.39. The maximum atomic E-state index is 6.39. The first-order chi connectivity index (χ1) is 11.3. The predicted molar refractivity (Wildman–Crippen MR) is 95.2 cm³/mol. The van der Waals surface area contributed by atoms with Crippen molar-refractivity contribution in [1.29, 1.82) is 0 Å². The first-order valence-corrected chi connectivity index (χ1v) is 7.75. The summed E-state index contributed by atoms with van der Waals surface area (Å²) in [6.07, 6.45) is 0. The van der Waals surface area contributed by atoms with Crippen LogP contribution in [0.25, 0.3) is 0 Å². The number of hydrazine groups is 2. The number of benzene rings is 3. The van der Waals surface area contributed by atoms with Gasteiger partial charge < -0.3 is 0 Å². The van der Waals surface area contributed by atoms with Crippen molar-refractivity contribution < 1.29 is 0 Å². The van der Waals surface area contributed by atoms with Gasteiger partial charge in [-0.05, 0) is 23.3 Å². The van der Waals surface area contributed by atoms with E-state index in [4.69, 9.17) is 5.84 Å². The molecule has 0 aliphatic carbocycles. The smallest absolute Gasteiger partial charge is 0.0702 e. The monoisotopic (exact) mass is 303 g/mol. The second-order valence-electron chi connectivity index (χ2n) is 5.47. The van der Waals surface area contributed by atoms with Crippen LogP contribution < -0.4 is 11.0 Å². The van der Waals surface area contributed by atoms with Crippen LogP contribution >= 0.6 is 0 Å². The lowest BCUT2D eigenvalue weighted by Crippen LogP contribution is -2.47. The Bertz CT molecular complexity index is 657. The van der Waals surface area contributed by atoms with Gasteiger partial charge >= 0.3 is 0 Å².